The van der Waals surface area contributed by atoms with Crippen LogP contribution in [0, 0.1) is 0 Å². The number of aryl methyl sites for hydroxylation is 1. The first-order valence-corrected chi connectivity index (χ1v) is 5.93. The molecular formula is C13H19NO2. The molecule has 0 amide bonds. The number of carboxylic acids is 1. The topological polar surface area (TPSA) is 44.0 Å². The second-order valence-electron chi connectivity index (χ2n) is 4.00. The van der Waals surface area contributed by atoms with Crippen molar-refractivity contribution in [1.82, 2.24) is 0 Å². The molecule has 88 valence electrons. The van der Waals surface area contributed by atoms with Crippen LogP contribution in [0.2, 0.25) is 0 Å². The SMILES string of the molecule is O=C([O-])CCCCCCC[n+]1ccccc1. The number of carboxylic acid groups (broad SMARTS) is 1. The lowest BCUT2D eigenvalue weighted by Crippen LogP contribution is -2.32. The highest BCUT2D eigenvalue weighted by Gasteiger charge is 1.97. The Hall–Kier alpha value is -1.38. The van der Waals surface area contributed by atoms with Crippen LogP contribution < -0.4 is 9.67 Å². The van der Waals surface area contributed by atoms with Crippen LogP contribution in [0.25, 0.3) is 0 Å². The Morgan fingerprint density at radius 2 is 1.56 bits per heavy atom. The first kappa shape index (κ1) is 12.7. The molecule has 0 aliphatic heterocycles. The molecule has 0 fully saturated rings. The van der Waals surface area contributed by atoms with E-state index in [1.807, 2.05) is 18.2 Å². The molecule has 0 saturated heterocycles. The van der Waals surface area contributed by atoms with E-state index in [0.29, 0.717) is 0 Å². The molecule has 0 bridgehead atoms. The van der Waals surface area contributed by atoms with E-state index in [-0.39, 0.29) is 6.42 Å². The zero-order valence-corrected chi connectivity index (χ0v) is 9.60. The van der Waals surface area contributed by atoms with Crippen molar-refractivity contribution in [2.24, 2.45) is 0 Å². The number of hydrogen-bond acceptors (Lipinski definition) is 2. The number of carbonyl (C=O) groups excluding carboxylic acids is 1. The van der Waals surface area contributed by atoms with Crippen molar-refractivity contribution in [2.45, 2.75) is 45.1 Å². The van der Waals surface area contributed by atoms with E-state index in [1.165, 1.54) is 0 Å². The van der Waals surface area contributed by atoms with Crippen molar-refractivity contribution in [3.63, 3.8) is 0 Å². The smallest absolute Gasteiger partial charge is 0.168 e. The summed E-state index contributed by atoms with van der Waals surface area (Å²) in [7, 11) is 0. The summed E-state index contributed by atoms with van der Waals surface area (Å²) in [6.45, 7) is 1.04. The fourth-order valence-corrected chi connectivity index (χ4v) is 1.68. The number of aromatic nitrogens is 1. The molecule has 0 atom stereocenters. The van der Waals surface area contributed by atoms with E-state index in [0.717, 1.165) is 38.6 Å². The van der Waals surface area contributed by atoms with Gasteiger partial charge >= 0.3 is 0 Å². The molecule has 0 saturated carbocycles. The Bertz CT molecular complexity index is 298. The highest BCUT2D eigenvalue weighted by atomic mass is 16.4. The van der Waals surface area contributed by atoms with Crippen LogP contribution in [-0.4, -0.2) is 5.97 Å². The van der Waals surface area contributed by atoms with E-state index in [9.17, 15) is 9.90 Å². The number of nitrogens with zero attached hydrogens (tertiary/aromatic N) is 1. The molecule has 0 spiro atoms. The second-order valence-corrected chi connectivity index (χ2v) is 4.00. The van der Waals surface area contributed by atoms with E-state index in [2.05, 4.69) is 17.0 Å². The zero-order valence-electron chi connectivity index (χ0n) is 9.60. The van der Waals surface area contributed by atoms with Crippen LogP contribution in [0.1, 0.15) is 38.5 Å². The van der Waals surface area contributed by atoms with Crippen LogP contribution in [-0.2, 0) is 11.3 Å². The van der Waals surface area contributed by atoms with Gasteiger partial charge in [-0.1, -0.05) is 18.9 Å². The van der Waals surface area contributed by atoms with Crippen molar-refractivity contribution in [3.05, 3.63) is 30.6 Å². The normalized spacial score (nSPS) is 10.2. The molecule has 0 radical (unpaired) electrons. The van der Waals surface area contributed by atoms with Gasteiger partial charge in [-0.25, -0.2) is 4.57 Å². The van der Waals surface area contributed by atoms with Gasteiger partial charge in [-0.3, -0.25) is 0 Å². The lowest BCUT2D eigenvalue weighted by molar-refractivity contribution is -0.697. The van der Waals surface area contributed by atoms with E-state index < -0.39 is 5.97 Å². The summed E-state index contributed by atoms with van der Waals surface area (Å²) in [4.78, 5) is 10.2. The molecule has 0 aliphatic rings. The van der Waals surface area contributed by atoms with Crippen molar-refractivity contribution >= 4 is 5.97 Å². The number of pyridine rings is 1. The quantitative estimate of drug-likeness (QED) is 0.487. The molecule has 1 heterocycles. The van der Waals surface area contributed by atoms with Gasteiger partial charge in [0.25, 0.3) is 0 Å². The minimum absolute atomic E-state index is 0.202. The largest absolute Gasteiger partial charge is 0.550 e. The zero-order chi connectivity index (χ0) is 11.6. The van der Waals surface area contributed by atoms with Gasteiger partial charge in [-0.2, -0.15) is 0 Å². The van der Waals surface area contributed by atoms with E-state index >= 15 is 0 Å². The van der Waals surface area contributed by atoms with Crippen LogP contribution in [0.15, 0.2) is 30.6 Å². The second kappa shape index (κ2) is 7.85. The minimum atomic E-state index is -0.931. The minimum Gasteiger partial charge on any atom is -0.550 e. The van der Waals surface area contributed by atoms with Crippen molar-refractivity contribution in [1.29, 1.82) is 0 Å². The maximum Gasteiger partial charge on any atom is 0.168 e. The monoisotopic (exact) mass is 221 g/mol. The third-order valence-electron chi connectivity index (χ3n) is 2.57. The summed E-state index contributed by atoms with van der Waals surface area (Å²) in [5.41, 5.74) is 0. The van der Waals surface area contributed by atoms with Gasteiger partial charge in [0.15, 0.2) is 12.4 Å². The van der Waals surface area contributed by atoms with Gasteiger partial charge in [0.1, 0.15) is 6.54 Å². The lowest BCUT2D eigenvalue weighted by Gasteiger charge is -2.01. The lowest BCUT2D eigenvalue weighted by atomic mass is 10.1. The molecule has 16 heavy (non-hydrogen) atoms. The predicted molar refractivity (Wildman–Crippen MR) is 59.3 cm³/mol. The fourth-order valence-electron chi connectivity index (χ4n) is 1.68. The van der Waals surface area contributed by atoms with Crippen LogP contribution in [0.3, 0.4) is 0 Å². The summed E-state index contributed by atoms with van der Waals surface area (Å²) in [6.07, 6.45) is 9.50. The average Bonchev–Trinajstić information content (AvgIpc) is 2.29. The Balaban J connectivity index is 1.94. The summed E-state index contributed by atoms with van der Waals surface area (Å²) >= 11 is 0. The molecule has 0 aliphatic carbocycles. The average molecular weight is 221 g/mol. The molecule has 0 unspecified atom stereocenters. The highest BCUT2D eigenvalue weighted by molar-refractivity contribution is 5.63. The molecule has 3 heteroatoms. The molecule has 1 rings (SSSR count). The summed E-state index contributed by atoms with van der Waals surface area (Å²) in [6, 6.07) is 6.07. The maximum atomic E-state index is 10.2. The van der Waals surface area contributed by atoms with Gasteiger partial charge in [-0.05, 0) is 19.3 Å². The Morgan fingerprint density at radius 3 is 2.25 bits per heavy atom. The first-order valence-electron chi connectivity index (χ1n) is 5.93. The number of rotatable bonds is 8. The standard InChI is InChI=1S/C13H19NO2/c15-13(16)9-5-2-1-3-6-10-14-11-7-4-8-12-14/h4,7-8,11-12H,1-3,5-6,9-10H2. The van der Waals surface area contributed by atoms with Crippen molar-refractivity contribution in [3.8, 4) is 0 Å². The van der Waals surface area contributed by atoms with Gasteiger partial charge in [-0.15, -0.1) is 0 Å². The molecular weight excluding hydrogens is 202 g/mol. The maximum absolute atomic E-state index is 10.2. The number of carbonyl (C=O) groups is 1. The molecule has 1 aromatic heterocycles. The van der Waals surface area contributed by atoms with Crippen LogP contribution >= 0.6 is 0 Å². The van der Waals surface area contributed by atoms with Gasteiger partial charge in [0.2, 0.25) is 0 Å². The van der Waals surface area contributed by atoms with Gasteiger partial charge in [0, 0.05) is 24.5 Å². The fraction of sp³-hybridized carbons (Fsp3) is 0.538. The molecule has 1 aromatic rings. The number of aliphatic carboxylic acids is 1. The van der Waals surface area contributed by atoms with Crippen LogP contribution in [0.4, 0.5) is 0 Å². The van der Waals surface area contributed by atoms with E-state index in [4.69, 9.17) is 0 Å². The molecule has 3 nitrogen and oxygen atoms in total. The first-order chi connectivity index (χ1) is 7.79. The van der Waals surface area contributed by atoms with Gasteiger partial charge in [0.05, 0.1) is 0 Å². The Labute approximate surface area is 96.7 Å². The highest BCUT2D eigenvalue weighted by Crippen LogP contribution is 2.04. The Kier molecular flexibility index (Phi) is 6.23. The Morgan fingerprint density at radius 1 is 0.938 bits per heavy atom. The number of unbranched alkanes of at least 4 members (excludes halogenated alkanes) is 4. The van der Waals surface area contributed by atoms with Crippen LogP contribution in [0.5, 0.6) is 0 Å². The van der Waals surface area contributed by atoms with Crippen molar-refractivity contribution in [2.75, 3.05) is 0 Å². The third kappa shape index (κ3) is 6.17. The summed E-state index contributed by atoms with van der Waals surface area (Å²) < 4.78 is 2.17. The van der Waals surface area contributed by atoms with Gasteiger partial charge < -0.3 is 9.90 Å². The van der Waals surface area contributed by atoms with Crippen molar-refractivity contribution < 1.29 is 14.5 Å². The third-order valence-corrected chi connectivity index (χ3v) is 2.57. The summed E-state index contributed by atoms with van der Waals surface area (Å²) in [5.74, 6) is -0.931. The molecule has 0 N–H and O–H groups in total. The number of hydrogen-bond donors (Lipinski definition) is 0. The summed E-state index contributed by atoms with van der Waals surface area (Å²) in [5, 5.41) is 10.2. The predicted octanol–water partition coefficient (Wildman–Crippen LogP) is 1.06. The van der Waals surface area contributed by atoms with E-state index in [1.54, 1.807) is 0 Å². The molecule has 0 aromatic carbocycles.